The molecule has 0 aromatic carbocycles. The molecule has 3 heterocycles. The van der Waals surface area contributed by atoms with Crippen molar-refractivity contribution in [3.8, 4) is 0 Å². The van der Waals surface area contributed by atoms with Crippen molar-refractivity contribution in [1.29, 1.82) is 0 Å². The number of carbonyl (C=O) groups excluding carboxylic acids is 2. The lowest BCUT2D eigenvalue weighted by Crippen LogP contribution is -2.18. The first kappa shape index (κ1) is 17.4. The molecule has 3 N–H and O–H groups in total. The second kappa shape index (κ2) is 6.98. The zero-order valence-corrected chi connectivity index (χ0v) is 15.1. The highest BCUT2D eigenvalue weighted by molar-refractivity contribution is 5.80. The third-order valence-electron chi connectivity index (χ3n) is 5.35. The van der Waals surface area contributed by atoms with Crippen molar-refractivity contribution in [2.24, 2.45) is 11.7 Å². The molecule has 0 aliphatic heterocycles. The summed E-state index contributed by atoms with van der Waals surface area (Å²) in [7, 11) is 0. The first-order valence-corrected chi connectivity index (χ1v) is 9.21. The minimum Gasteiger partial charge on any atom is -0.462 e. The number of aromatic nitrogens is 5. The summed E-state index contributed by atoms with van der Waals surface area (Å²) in [5.41, 5.74) is 7.51. The van der Waals surface area contributed by atoms with E-state index in [1.807, 2.05) is 16.7 Å². The summed E-state index contributed by atoms with van der Waals surface area (Å²) < 4.78 is 7.62. The highest BCUT2D eigenvalue weighted by Gasteiger charge is 2.39. The summed E-state index contributed by atoms with van der Waals surface area (Å²) in [4.78, 5) is 30.3. The zero-order chi connectivity index (χ0) is 19.0. The lowest BCUT2D eigenvalue weighted by Gasteiger charge is -2.15. The first-order chi connectivity index (χ1) is 13.1. The number of hydrogen-bond donors (Lipinski definition) is 2. The molecule has 0 spiro atoms. The Labute approximate surface area is 155 Å². The summed E-state index contributed by atoms with van der Waals surface area (Å²) >= 11 is 0. The van der Waals surface area contributed by atoms with Crippen LogP contribution in [0.25, 0.3) is 16.8 Å². The van der Waals surface area contributed by atoms with Gasteiger partial charge in [0.25, 0.3) is 0 Å². The van der Waals surface area contributed by atoms with Crippen LogP contribution in [0.1, 0.15) is 50.8 Å². The van der Waals surface area contributed by atoms with Gasteiger partial charge in [0.15, 0.2) is 11.3 Å². The largest absolute Gasteiger partial charge is 0.462 e. The molecule has 3 aromatic heterocycles. The third-order valence-corrected chi connectivity index (χ3v) is 5.35. The van der Waals surface area contributed by atoms with Gasteiger partial charge in [-0.25, -0.2) is 4.98 Å². The Hall–Kier alpha value is -2.97. The number of hydrogen-bond acceptors (Lipinski definition) is 6. The molecule has 3 atom stereocenters. The van der Waals surface area contributed by atoms with E-state index in [0.717, 1.165) is 29.8 Å². The number of fused-ring (bicyclic) bond motifs is 3. The van der Waals surface area contributed by atoms with Gasteiger partial charge in [-0.15, -0.1) is 10.2 Å². The van der Waals surface area contributed by atoms with Crippen LogP contribution in [0.5, 0.6) is 0 Å². The second-order valence-corrected chi connectivity index (χ2v) is 7.05. The van der Waals surface area contributed by atoms with Crippen molar-refractivity contribution in [2.75, 3.05) is 0 Å². The van der Waals surface area contributed by atoms with Crippen LogP contribution in [0.4, 0.5) is 0 Å². The summed E-state index contributed by atoms with van der Waals surface area (Å²) in [5, 5.41) is 8.71. The summed E-state index contributed by atoms with van der Waals surface area (Å²) in [5.74, 6) is 0.479. The predicted octanol–water partition coefficient (Wildman–Crippen LogP) is 1.69. The van der Waals surface area contributed by atoms with Gasteiger partial charge in [-0.2, -0.15) is 0 Å². The van der Waals surface area contributed by atoms with E-state index in [4.69, 9.17) is 10.5 Å². The molecule has 1 saturated carbocycles. The Bertz CT molecular complexity index is 993. The molecule has 0 saturated heterocycles. The lowest BCUT2D eigenvalue weighted by atomic mass is 9.93. The minimum atomic E-state index is -0.498. The Morgan fingerprint density at radius 1 is 1.33 bits per heavy atom. The average Bonchev–Trinajstić information content (AvgIpc) is 3.35. The van der Waals surface area contributed by atoms with Crippen LogP contribution in [-0.4, -0.2) is 42.5 Å². The summed E-state index contributed by atoms with van der Waals surface area (Å²) in [6.45, 7) is 2.13. The monoisotopic (exact) mass is 370 g/mol. The predicted molar refractivity (Wildman–Crippen MR) is 96.7 cm³/mol. The molecular formula is C18H22N6O3. The number of nitrogens with zero attached hydrogens (tertiary/aromatic N) is 4. The van der Waals surface area contributed by atoms with E-state index < -0.39 is 5.91 Å². The zero-order valence-electron chi connectivity index (χ0n) is 15.1. The molecule has 1 aliphatic rings. The fourth-order valence-electron chi connectivity index (χ4n) is 4.05. The molecule has 0 bridgehead atoms. The van der Waals surface area contributed by atoms with Gasteiger partial charge in [-0.05, 0) is 24.8 Å². The SMILES string of the molecule is CC[C@@H]1C[C@@H](OC(=O)CCC(N)=O)C[C@@H]1c1nnc2cnc3[nH]ccc3n12. The quantitative estimate of drug-likeness (QED) is 0.635. The molecule has 0 unspecified atom stereocenters. The summed E-state index contributed by atoms with van der Waals surface area (Å²) in [6.07, 6.45) is 5.82. The molecule has 1 fully saturated rings. The maximum atomic E-state index is 12.0. The van der Waals surface area contributed by atoms with E-state index in [1.54, 1.807) is 6.20 Å². The van der Waals surface area contributed by atoms with Gasteiger partial charge in [0.2, 0.25) is 5.91 Å². The number of aromatic amines is 1. The van der Waals surface area contributed by atoms with E-state index in [0.29, 0.717) is 18.0 Å². The standard InChI is InChI=1S/C18H22N6O3/c1-2-10-7-11(27-16(26)4-3-14(19)25)8-12(10)18-23-22-15-9-21-17-13(24(15)18)5-6-20-17/h5-6,9-12,20H,2-4,7-8H2,1H3,(H2,19,25)/t10-,11-,12+/m1/s1. The third kappa shape index (κ3) is 3.24. The van der Waals surface area contributed by atoms with E-state index in [2.05, 4.69) is 27.1 Å². The molecule has 1 amide bonds. The molecule has 3 aromatic rings. The average molecular weight is 370 g/mol. The molecular weight excluding hydrogens is 348 g/mol. The van der Waals surface area contributed by atoms with Crippen molar-refractivity contribution in [3.63, 3.8) is 0 Å². The molecule has 4 rings (SSSR count). The Balaban J connectivity index is 1.58. The highest BCUT2D eigenvalue weighted by atomic mass is 16.5. The number of primary amides is 1. The number of nitrogens with two attached hydrogens (primary N) is 1. The second-order valence-electron chi connectivity index (χ2n) is 7.05. The molecule has 1 aliphatic carbocycles. The van der Waals surface area contributed by atoms with Gasteiger partial charge in [0.05, 0.1) is 18.1 Å². The maximum Gasteiger partial charge on any atom is 0.306 e. The van der Waals surface area contributed by atoms with Gasteiger partial charge in [0.1, 0.15) is 11.9 Å². The Morgan fingerprint density at radius 3 is 2.96 bits per heavy atom. The fraction of sp³-hybridized carbons (Fsp3) is 0.500. The van der Waals surface area contributed by atoms with E-state index in [9.17, 15) is 9.59 Å². The number of esters is 1. The van der Waals surface area contributed by atoms with Crippen LogP contribution >= 0.6 is 0 Å². The van der Waals surface area contributed by atoms with Gasteiger partial charge in [-0.3, -0.25) is 14.0 Å². The van der Waals surface area contributed by atoms with Crippen molar-refractivity contribution in [3.05, 3.63) is 24.3 Å². The van der Waals surface area contributed by atoms with Crippen LogP contribution < -0.4 is 5.73 Å². The van der Waals surface area contributed by atoms with E-state index >= 15 is 0 Å². The number of amides is 1. The molecule has 0 radical (unpaired) electrons. The Kier molecular flexibility index (Phi) is 4.51. The normalized spacial score (nSPS) is 22.5. The number of rotatable bonds is 6. The number of nitrogens with one attached hydrogen (secondary N) is 1. The van der Waals surface area contributed by atoms with Crippen LogP contribution in [0.15, 0.2) is 18.5 Å². The fourth-order valence-corrected chi connectivity index (χ4v) is 4.05. The number of carbonyl (C=O) groups is 2. The van der Waals surface area contributed by atoms with Crippen LogP contribution in [-0.2, 0) is 14.3 Å². The van der Waals surface area contributed by atoms with Crippen molar-refractivity contribution < 1.29 is 14.3 Å². The lowest BCUT2D eigenvalue weighted by molar-refractivity contribution is -0.149. The van der Waals surface area contributed by atoms with Crippen LogP contribution in [0.3, 0.4) is 0 Å². The maximum absolute atomic E-state index is 12.0. The van der Waals surface area contributed by atoms with Crippen LogP contribution in [0, 0.1) is 5.92 Å². The molecule has 142 valence electrons. The summed E-state index contributed by atoms with van der Waals surface area (Å²) in [6, 6.07) is 1.96. The molecule has 9 heteroatoms. The van der Waals surface area contributed by atoms with E-state index in [-0.39, 0.29) is 30.8 Å². The first-order valence-electron chi connectivity index (χ1n) is 9.21. The van der Waals surface area contributed by atoms with Crippen LogP contribution in [0.2, 0.25) is 0 Å². The number of ether oxygens (including phenoxy) is 1. The molecule has 27 heavy (non-hydrogen) atoms. The van der Waals surface area contributed by atoms with Crippen molar-refractivity contribution in [1.82, 2.24) is 24.6 Å². The van der Waals surface area contributed by atoms with Gasteiger partial charge in [0, 0.05) is 18.5 Å². The Morgan fingerprint density at radius 2 is 2.19 bits per heavy atom. The minimum absolute atomic E-state index is 0.0134. The van der Waals surface area contributed by atoms with Gasteiger partial charge >= 0.3 is 5.97 Å². The topological polar surface area (TPSA) is 128 Å². The van der Waals surface area contributed by atoms with Gasteiger partial charge < -0.3 is 15.5 Å². The van der Waals surface area contributed by atoms with E-state index in [1.165, 1.54) is 0 Å². The smallest absolute Gasteiger partial charge is 0.306 e. The molecule has 9 nitrogen and oxygen atoms in total. The number of H-pyrrole nitrogens is 1. The van der Waals surface area contributed by atoms with Gasteiger partial charge in [-0.1, -0.05) is 13.3 Å². The van der Waals surface area contributed by atoms with Crippen molar-refractivity contribution >= 4 is 28.7 Å². The highest BCUT2D eigenvalue weighted by Crippen LogP contribution is 2.42. The van der Waals surface area contributed by atoms with Crippen molar-refractivity contribution in [2.45, 2.75) is 51.0 Å².